The first kappa shape index (κ1) is 16.2. The Morgan fingerprint density at radius 1 is 1.43 bits per heavy atom. The molecule has 0 spiro atoms. The van der Waals surface area contributed by atoms with Crippen LogP contribution in [0.15, 0.2) is 9.13 Å². The minimum atomic E-state index is -1.25. The third-order valence-corrected chi connectivity index (χ3v) is 4.85. The maximum atomic E-state index is 12.5. The minimum Gasteiger partial charge on any atom is -0.610 e. The highest BCUT2D eigenvalue weighted by Gasteiger charge is 2.20. The second-order valence-electron chi connectivity index (χ2n) is 4.60. The molecule has 0 amide bonds. The van der Waals surface area contributed by atoms with Crippen molar-refractivity contribution in [3.8, 4) is 6.01 Å². The second kappa shape index (κ2) is 6.73. The fourth-order valence-electron chi connectivity index (χ4n) is 1.67. The maximum absolute atomic E-state index is 12.5. The fourth-order valence-corrected chi connectivity index (χ4v) is 3.26. The lowest BCUT2D eigenvalue weighted by Crippen LogP contribution is -2.26. The molecule has 2 aromatic heterocycles. The topological polar surface area (TPSA) is 89.3 Å². The zero-order chi connectivity index (χ0) is 15.6. The van der Waals surface area contributed by atoms with Gasteiger partial charge in [-0.1, -0.05) is 0 Å². The van der Waals surface area contributed by atoms with Crippen molar-refractivity contribution in [3.63, 3.8) is 0 Å². The van der Waals surface area contributed by atoms with E-state index in [9.17, 15) is 9.35 Å². The van der Waals surface area contributed by atoms with E-state index in [1.54, 1.807) is 7.11 Å². The molecule has 0 aliphatic carbocycles. The summed E-state index contributed by atoms with van der Waals surface area (Å²) in [4.78, 5) is 21.4. The van der Waals surface area contributed by atoms with Gasteiger partial charge >= 0.3 is 10.4 Å². The molecule has 21 heavy (non-hydrogen) atoms. The molecule has 0 aromatic carbocycles. The van der Waals surface area contributed by atoms with Crippen LogP contribution in [0.25, 0.3) is 10.3 Å². The van der Waals surface area contributed by atoms with Gasteiger partial charge in [0.05, 0.1) is 19.3 Å². The van der Waals surface area contributed by atoms with E-state index in [4.69, 9.17) is 9.47 Å². The van der Waals surface area contributed by atoms with Gasteiger partial charge in [0.25, 0.3) is 5.56 Å². The lowest BCUT2D eigenvalue weighted by atomic mass is 10.5. The molecule has 2 rings (SSSR count). The first-order valence-electron chi connectivity index (χ1n) is 6.34. The molecular formula is C12H17N3O4S2. The summed E-state index contributed by atoms with van der Waals surface area (Å²) in [5.41, 5.74) is -0.0851. The highest BCUT2D eigenvalue weighted by Crippen LogP contribution is 2.23. The van der Waals surface area contributed by atoms with Crippen LogP contribution in [0.4, 0.5) is 0 Å². The van der Waals surface area contributed by atoms with E-state index < -0.39 is 11.2 Å². The van der Waals surface area contributed by atoms with E-state index in [1.807, 2.05) is 13.8 Å². The summed E-state index contributed by atoms with van der Waals surface area (Å²) in [5, 5.41) is 0. The molecular weight excluding hydrogens is 314 g/mol. The Kier molecular flexibility index (Phi) is 5.20. The Morgan fingerprint density at radius 3 is 2.71 bits per heavy atom. The van der Waals surface area contributed by atoms with Crippen LogP contribution in [0.1, 0.15) is 13.8 Å². The monoisotopic (exact) mass is 331 g/mol. The molecule has 2 aromatic rings. The summed E-state index contributed by atoms with van der Waals surface area (Å²) in [6.45, 7) is 4.40. The average molecular weight is 331 g/mol. The molecule has 1 unspecified atom stereocenters. The molecule has 0 bridgehead atoms. The average Bonchev–Trinajstić information content (AvgIpc) is 2.82. The van der Waals surface area contributed by atoms with Crippen LogP contribution in [0.2, 0.25) is 0 Å². The quantitative estimate of drug-likeness (QED) is 0.734. The van der Waals surface area contributed by atoms with E-state index in [2.05, 4.69) is 9.97 Å². The highest BCUT2D eigenvalue weighted by atomic mass is 32.2. The van der Waals surface area contributed by atoms with Gasteiger partial charge < -0.3 is 14.0 Å². The third-order valence-electron chi connectivity index (χ3n) is 2.57. The summed E-state index contributed by atoms with van der Waals surface area (Å²) >= 11 is -0.0991. The normalized spacial score (nSPS) is 13.0. The van der Waals surface area contributed by atoms with Gasteiger partial charge in [-0.15, -0.1) is 0 Å². The van der Waals surface area contributed by atoms with Gasteiger partial charge in [0.2, 0.25) is 0 Å². The number of rotatable bonds is 6. The molecule has 0 radical (unpaired) electrons. The second-order valence-corrected chi connectivity index (χ2v) is 7.13. The van der Waals surface area contributed by atoms with Crippen LogP contribution >= 0.6 is 11.3 Å². The zero-order valence-corrected chi connectivity index (χ0v) is 13.9. The molecule has 7 nitrogen and oxygen atoms in total. The molecule has 0 N–H and O–H groups in total. The number of hydrogen-bond acceptors (Lipinski definition) is 7. The van der Waals surface area contributed by atoms with Crippen molar-refractivity contribution in [1.82, 2.24) is 14.5 Å². The van der Waals surface area contributed by atoms with Crippen LogP contribution in [-0.4, -0.2) is 45.2 Å². The smallest absolute Gasteiger partial charge is 0.304 e. The van der Waals surface area contributed by atoms with Gasteiger partial charge in [0.15, 0.2) is 10.3 Å². The van der Waals surface area contributed by atoms with Crippen molar-refractivity contribution in [3.05, 3.63) is 10.4 Å². The van der Waals surface area contributed by atoms with Gasteiger partial charge in [-0.25, -0.2) is 0 Å². The van der Waals surface area contributed by atoms with Crippen molar-refractivity contribution < 1.29 is 14.0 Å². The van der Waals surface area contributed by atoms with E-state index in [-0.39, 0.29) is 23.2 Å². The van der Waals surface area contributed by atoms with E-state index in [1.165, 1.54) is 10.8 Å². The molecule has 0 aliphatic heterocycles. The van der Waals surface area contributed by atoms with E-state index in [0.717, 1.165) is 11.3 Å². The molecule has 0 fully saturated rings. The first-order valence-corrected chi connectivity index (χ1v) is 8.72. The van der Waals surface area contributed by atoms with Gasteiger partial charge in [-0.05, 0) is 25.2 Å². The number of hydrogen-bond donors (Lipinski definition) is 0. The minimum absolute atomic E-state index is 0.115. The van der Waals surface area contributed by atoms with Crippen LogP contribution in [0.5, 0.6) is 6.01 Å². The summed E-state index contributed by atoms with van der Waals surface area (Å²) in [6.07, 6.45) is 1.41. The van der Waals surface area contributed by atoms with Crippen molar-refractivity contribution in [1.29, 1.82) is 0 Å². The van der Waals surface area contributed by atoms with Crippen molar-refractivity contribution in [2.24, 2.45) is 0 Å². The SMILES string of the molecule is COCCn1c(OC(C)C)nc2sc([S+](C)[O-])nc2c1=O. The Morgan fingerprint density at radius 2 is 2.14 bits per heavy atom. The highest BCUT2D eigenvalue weighted by molar-refractivity contribution is 7.92. The van der Waals surface area contributed by atoms with Crippen molar-refractivity contribution in [2.45, 2.75) is 30.8 Å². The molecule has 0 saturated heterocycles. The van der Waals surface area contributed by atoms with Crippen LogP contribution in [0, 0.1) is 0 Å². The Labute approximate surface area is 129 Å². The lowest BCUT2D eigenvalue weighted by Gasteiger charge is -2.14. The number of methoxy groups -OCH3 is 1. The maximum Gasteiger partial charge on any atom is 0.304 e. The van der Waals surface area contributed by atoms with Crippen LogP contribution < -0.4 is 10.3 Å². The van der Waals surface area contributed by atoms with Crippen LogP contribution in [0.3, 0.4) is 0 Å². The van der Waals surface area contributed by atoms with Crippen molar-refractivity contribution in [2.75, 3.05) is 20.0 Å². The Bertz CT molecular complexity index is 681. The van der Waals surface area contributed by atoms with Gasteiger partial charge in [0, 0.05) is 18.3 Å². The first-order chi connectivity index (χ1) is 9.93. The largest absolute Gasteiger partial charge is 0.610 e. The Hall–Kier alpha value is -1.16. The zero-order valence-electron chi connectivity index (χ0n) is 12.3. The molecule has 9 heteroatoms. The van der Waals surface area contributed by atoms with E-state index in [0.29, 0.717) is 22.3 Å². The molecule has 2 heterocycles. The Balaban J connectivity index is 2.59. The van der Waals surface area contributed by atoms with Gasteiger partial charge in [-0.2, -0.15) is 9.97 Å². The number of nitrogens with zero attached hydrogens (tertiary/aromatic N) is 3. The fraction of sp³-hybridized carbons (Fsp3) is 0.583. The number of thiazole rings is 1. The lowest BCUT2D eigenvalue weighted by molar-refractivity contribution is 0.167. The van der Waals surface area contributed by atoms with Gasteiger partial charge in [0.1, 0.15) is 6.26 Å². The molecule has 0 aliphatic rings. The predicted molar refractivity (Wildman–Crippen MR) is 81.6 cm³/mol. The predicted octanol–water partition coefficient (Wildman–Crippen LogP) is 1.02. The van der Waals surface area contributed by atoms with Crippen molar-refractivity contribution >= 4 is 32.9 Å². The van der Waals surface area contributed by atoms with Gasteiger partial charge in [-0.3, -0.25) is 9.36 Å². The third kappa shape index (κ3) is 3.54. The summed E-state index contributed by atoms with van der Waals surface area (Å²) in [5.74, 6) is 0. The molecule has 1 atom stereocenters. The molecule has 116 valence electrons. The summed E-state index contributed by atoms with van der Waals surface area (Å²) in [6, 6.07) is 0.233. The summed E-state index contributed by atoms with van der Waals surface area (Å²) < 4.78 is 23.9. The number of fused-ring (bicyclic) bond motifs is 1. The van der Waals surface area contributed by atoms with Crippen LogP contribution in [-0.2, 0) is 22.5 Å². The number of ether oxygens (including phenoxy) is 2. The molecule has 0 saturated carbocycles. The number of aromatic nitrogens is 3. The van der Waals surface area contributed by atoms with E-state index >= 15 is 0 Å². The summed E-state index contributed by atoms with van der Waals surface area (Å²) in [7, 11) is 1.56. The standard InChI is InChI=1S/C12H17N3O4S2/c1-7(2)19-11-14-9-8(13-12(20-9)21(4)17)10(16)15(11)5-6-18-3/h7H,5-6H2,1-4H3.